The van der Waals surface area contributed by atoms with E-state index in [9.17, 15) is 4.79 Å². The Hall–Kier alpha value is -0.450. The average molecular weight is 346 g/mol. The summed E-state index contributed by atoms with van der Waals surface area (Å²) in [7, 11) is 0. The second-order valence-corrected chi connectivity index (χ2v) is 10.2. The van der Waals surface area contributed by atoms with Crippen LogP contribution in [0.25, 0.3) is 0 Å². The van der Waals surface area contributed by atoms with Crippen LogP contribution in [0.15, 0.2) is 0 Å². The summed E-state index contributed by atoms with van der Waals surface area (Å²) in [6.07, 6.45) is 8.80. The molecule has 0 N–H and O–H groups in total. The first kappa shape index (κ1) is 15.6. The van der Waals surface area contributed by atoms with E-state index in [1.807, 2.05) is 0 Å². The predicted molar refractivity (Wildman–Crippen MR) is 90.9 cm³/mol. The molecule has 2 saturated heterocycles. The van der Waals surface area contributed by atoms with Crippen molar-refractivity contribution in [3.8, 4) is 0 Å². The molecule has 0 aromatic heterocycles. The van der Waals surface area contributed by atoms with Crippen molar-refractivity contribution in [3.05, 3.63) is 0 Å². The Balaban J connectivity index is 1.35. The largest absolute Gasteiger partial charge is 0.365 e. The van der Waals surface area contributed by atoms with E-state index in [2.05, 4.69) is 13.8 Å². The molecule has 6 aliphatic rings. The predicted octanol–water partition coefficient (Wildman–Crippen LogP) is 3.47. The average Bonchev–Trinajstić information content (AvgIpc) is 2.94. The van der Waals surface area contributed by atoms with Gasteiger partial charge < -0.3 is 14.2 Å². The third-order valence-electron chi connectivity index (χ3n) is 9.60. The third kappa shape index (κ3) is 1.69. The standard InChI is InChI=1S/C21H30O4/c1-18-6-5-15-13(14(18)3-4-16(18)22)11-17-21(25-17)12-20(23-9-10-24-20)8-7-19(15,21)2/h13-15,17H,3-12H2,1-2H3/t13-,14-,15-,17-,18-,19+,21-/m0/s1. The number of carbonyl (C=O) groups excluding carboxylic acids is 1. The highest BCUT2D eigenvalue weighted by atomic mass is 16.7. The topological polar surface area (TPSA) is 48.1 Å². The lowest BCUT2D eigenvalue weighted by atomic mass is 9.45. The molecule has 0 bridgehead atoms. The number of fused-ring (bicyclic) bond motifs is 4. The van der Waals surface area contributed by atoms with Gasteiger partial charge in [-0.3, -0.25) is 4.79 Å². The fourth-order valence-corrected chi connectivity index (χ4v) is 8.14. The summed E-state index contributed by atoms with van der Waals surface area (Å²) in [6, 6.07) is 0. The van der Waals surface area contributed by atoms with Crippen LogP contribution in [0.4, 0.5) is 0 Å². The Bertz CT molecular complexity index is 640. The third-order valence-corrected chi connectivity index (χ3v) is 9.60. The van der Waals surface area contributed by atoms with E-state index in [1.54, 1.807) is 0 Å². The minimum Gasteiger partial charge on any atom is -0.365 e. The first-order valence-electron chi connectivity index (χ1n) is 10.4. The maximum atomic E-state index is 12.6. The Morgan fingerprint density at radius 1 is 1.00 bits per heavy atom. The molecule has 4 saturated carbocycles. The summed E-state index contributed by atoms with van der Waals surface area (Å²) in [5, 5.41) is 0. The van der Waals surface area contributed by atoms with Gasteiger partial charge in [-0.15, -0.1) is 0 Å². The van der Waals surface area contributed by atoms with Crippen molar-refractivity contribution in [2.45, 2.75) is 82.7 Å². The molecule has 6 fully saturated rings. The van der Waals surface area contributed by atoms with Crippen LogP contribution in [0.5, 0.6) is 0 Å². The SMILES string of the molecule is C[C@]12CC[C@H]3[C@@H](C[C@@H]4O[C@@]45CC4(CC[C@]35C)OCCO4)[C@@H]1CCC2=O. The molecule has 7 atom stereocenters. The first-order valence-corrected chi connectivity index (χ1v) is 10.4. The van der Waals surface area contributed by atoms with Gasteiger partial charge in [0.05, 0.1) is 19.3 Å². The van der Waals surface area contributed by atoms with Crippen LogP contribution in [0.1, 0.15) is 65.2 Å². The molecule has 25 heavy (non-hydrogen) atoms. The molecule has 138 valence electrons. The van der Waals surface area contributed by atoms with Crippen LogP contribution >= 0.6 is 0 Å². The quantitative estimate of drug-likeness (QED) is 0.630. The van der Waals surface area contributed by atoms with Gasteiger partial charge in [-0.05, 0) is 49.9 Å². The molecule has 0 aromatic rings. The van der Waals surface area contributed by atoms with E-state index < -0.39 is 0 Å². The fraction of sp³-hybridized carbons (Fsp3) is 0.952. The van der Waals surface area contributed by atoms with E-state index in [-0.39, 0.29) is 22.2 Å². The number of hydrogen-bond donors (Lipinski definition) is 0. The zero-order valence-corrected chi connectivity index (χ0v) is 15.5. The zero-order chi connectivity index (χ0) is 17.1. The molecule has 0 unspecified atom stereocenters. The number of ether oxygens (including phenoxy) is 3. The maximum absolute atomic E-state index is 12.6. The molecule has 0 aromatic carbocycles. The van der Waals surface area contributed by atoms with Gasteiger partial charge in [0.25, 0.3) is 0 Å². The molecular formula is C21H30O4. The molecule has 6 rings (SSSR count). The van der Waals surface area contributed by atoms with Gasteiger partial charge in [-0.2, -0.15) is 0 Å². The van der Waals surface area contributed by atoms with Crippen molar-refractivity contribution in [1.82, 2.24) is 0 Å². The minimum absolute atomic E-state index is 0.0207. The molecule has 0 radical (unpaired) electrons. The summed E-state index contributed by atoms with van der Waals surface area (Å²) >= 11 is 0. The zero-order valence-electron chi connectivity index (χ0n) is 15.5. The van der Waals surface area contributed by atoms with Crippen molar-refractivity contribution >= 4 is 5.78 Å². The Labute approximate surface area is 150 Å². The van der Waals surface area contributed by atoms with Gasteiger partial charge in [0, 0.05) is 30.1 Å². The van der Waals surface area contributed by atoms with Crippen LogP contribution < -0.4 is 0 Å². The molecule has 2 aliphatic heterocycles. The van der Waals surface area contributed by atoms with Crippen molar-refractivity contribution in [3.63, 3.8) is 0 Å². The summed E-state index contributed by atoms with van der Waals surface area (Å²) in [4.78, 5) is 12.6. The van der Waals surface area contributed by atoms with Gasteiger partial charge >= 0.3 is 0 Å². The summed E-state index contributed by atoms with van der Waals surface area (Å²) in [5.41, 5.74) is 0.168. The van der Waals surface area contributed by atoms with E-state index in [1.165, 1.54) is 6.42 Å². The number of hydrogen-bond acceptors (Lipinski definition) is 4. The van der Waals surface area contributed by atoms with Crippen molar-refractivity contribution in [1.29, 1.82) is 0 Å². The molecule has 2 spiro atoms. The van der Waals surface area contributed by atoms with Gasteiger partial charge in [-0.1, -0.05) is 13.8 Å². The van der Waals surface area contributed by atoms with Crippen LogP contribution in [0.3, 0.4) is 0 Å². The molecular weight excluding hydrogens is 316 g/mol. The molecule has 2 heterocycles. The van der Waals surface area contributed by atoms with Gasteiger partial charge in [0.1, 0.15) is 11.4 Å². The second-order valence-electron chi connectivity index (χ2n) is 10.2. The van der Waals surface area contributed by atoms with Crippen molar-refractivity contribution in [2.24, 2.45) is 28.6 Å². The Morgan fingerprint density at radius 2 is 1.80 bits per heavy atom. The number of epoxide rings is 1. The lowest BCUT2D eigenvalue weighted by Crippen LogP contribution is -2.61. The number of ketones is 1. The van der Waals surface area contributed by atoms with Crippen LogP contribution in [0.2, 0.25) is 0 Å². The summed E-state index contributed by atoms with van der Waals surface area (Å²) < 4.78 is 18.6. The highest BCUT2D eigenvalue weighted by Gasteiger charge is 2.78. The van der Waals surface area contributed by atoms with Crippen LogP contribution in [0, 0.1) is 28.6 Å². The Morgan fingerprint density at radius 3 is 2.60 bits per heavy atom. The number of carbonyl (C=O) groups is 1. The van der Waals surface area contributed by atoms with E-state index in [4.69, 9.17) is 14.2 Å². The summed E-state index contributed by atoms with van der Waals surface area (Å²) in [5.74, 6) is 2.13. The van der Waals surface area contributed by atoms with Gasteiger partial charge in [-0.25, -0.2) is 0 Å². The smallest absolute Gasteiger partial charge is 0.171 e. The van der Waals surface area contributed by atoms with Crippen molar-refractivity contribution < 1.29 is 19.0 Å². The number of rotatable bonds is 0. The molecule has 4 nitrogen and oxygen atoms in total. The van der Waals surface area contributed by atoms with Gasteiger partial charge in [0.2, 0.25) is 0 Å². The highest BCUT2D eigenvalue weighted by molar-refractivity contribution is 5.87. The Kier molecular flexibility index (Phi) is 2.81. The monoisotopic (exact) mass is 346 g/mol. The normalized spacial score (nSPS) is 58.4. The van der Waals surface area contributed by atoms with E-state index in [0.717, 1.165) is 58.2 Å². The van der Waals surface area contributed by atoms with Crippen LogP contribution in [-0.4, -0.2) is 36.5 Å². The lowest BCUT2D eigenvalue weighted by molar-refractivity contribution is -0.226. The fourth-order valence-electron chi connectivity index (χ4n) is 8.14. The summed E-state index contributed by atoms with van der Waals surface area (Å²) in [6.45, 7) is 6.21. The number of Topliss-reactive ketones (excluding diaryl/α,β-unsaturated/α-hetero) is 1. The molecule has 0 amide bonds. The van der Waals surface area contributed by atoms with E-state index >= 15 is 0 Å². The second kappa shape index (κ2) is 4.51. The lowest BCUT2D eigenvalue weighted by Gasteiger charge is -2.59. The van der Waals surface area contributed by atoms with Gasteiger partial charge in [0.15, 0.2) is 5.79 Å². The molecule has 4 heteroatoms. The van der Waals surface area contributed by atoms with E-state index in [0.29, 0.717) is 29.6 Å². The highest BCUT2D eigenvalue weighted by Crippen LogP contribution is 2.74. The molecule has 4 aliphatic carbocycles. The first-order chi connectivity index (χ1) is 11.9. The van der Waals surface area contributed by atoms with Crippen molar-refractivity contribution in [2.75, 3.05) is 13.2 Å². The van der Waals surface area contributed by atoms with Crippen LogP contribution in [-0.2, 0) is 19.0 Å². The minimum atomic E-state index is -0.367. The maximum Gasteiger partial charge on any atom is 0.171 e.